The molecule has 1 aliphatic heterocycles. The molecule has 2 heterocycles. The molecule has 7 heteroatoms. The Labute approximate surface area is 141 Å². The van der Waals surface area contributed by atoms with Crippen molar-refractivity contribution in [3.8, 4) is 0 Å². The van der Waals surface area contributed by atoms with Gasteiger partial charge in [0, 0.05) is 38.6 Å². The van der Waals surface area contributed by atoms with Crippen molar-refractivity contribution in [3.63, 3.8) is 0 Å². The van der Waals surface area contributed by atoms with Crippen molar-refractivity contribution in [3.05, 3.63) is 22.7 Å². The van der Waals surface area contributed by atoms with Gasteiger partial charge in [-0.05, 0) is 31.9 Å². The van der Waals surface area contributed by atoms with Gasteiger partial charge in [-0.15, -0.1) is 11.3 Å². The highest BCUT2D eigenvalue weighted by molar-refractivity contribution is 7.07. The van der Waals surface area contributed by atoms with E-state index in [0.717, 1.165) is 38.0 Å². The minimum atomic E-state index is -0.111. The van der Waals surface area contributed by atoms with Crippen molar-refractivity contribution in [2.24, 2.45) is 0 Å². The van der Waals surface area contributed by atoms with Crippen molar-refractivity contribution < 1.29 is 9.59 Å². The zero-order chi connectivity index (χ0) is 16.7. The minimum absolute atomic E-state index is 0.00487. The Morgan fingerprint density at radius 1 is 1.52 bits per heavy atom. The van der Waals surface area contributed by atoms with E-state index in [4.69, 9.17) is 0 Å². The van der Waals surface area contributed by atoms with Crippen molar-refractivity contribution in [1.29, 1.82) is 0 Å². The first kappa shape index (κ1) is 17.6. The van der Waals surface area contributed by atoms with E-state index in [-0.39, 0.29) is 17.9 Å². The molecule has 1 aliphatic rings. The van der Waals surface area contributed by atoms with Crippen molar-refractivity contribution in [1.82, 2.24) is 20.1 Å². The van der Waals surface area contributed by atoms with Crippen LogP contribution in [0.1, 0.15) is 25.0 Å². The normalized spacial score (nSPS) is 18.4. The lowest BCUT2D eigenvalue weighted by atomic mass is 10.2. The number of rotatable bonds is 7. The summed E-state index contributed by atoms with van der Waals surface area (Å²) in [6.07, 6.45) is 6.04. The molecule has 0 aliphatic carbocycles. The topological polar surface area (TPSA) is 65.5 Å². The molecule has 1 aromatic rings. The maximum Gasteiger partial charge on any atom is 0.244 e. The van der Waals surface area contributed by atoms with Crippen molar-refractivity contribution in [2.45, 2.75) is 25.3 Å². The third kappa shape index (κ3) is 5.44. The van der Waals surface area contributed by atoms with Crippen LogP contribution in [-0.2, 0) is 9.59 Å². The van der Waals surface area contributed by atoms with Crippen LogP contribution in [0.25, 0.3) is 6.08 Å². The van der Waals surface area contributed by atoms with Crippen LogP contribution in [0, 0.1) is 0 Å². The molecule has 1 aromatic heterocycles. The van der Waals surface area contributed by atoms with Gasteiger partial charge < -0.3 is 10.2 Å². The maximum atomic E-state index is 12.1. The second kappa shape index (κ2) is 8.79. The maximum absolute atomic E-state index is 12.1. The number of amides is 2. The van der Waals surface area contributed by atoms with Crippen LogP contribution >= 0.6 is 11.3 Å². The highest BCUT2D eigenvalue weighted by atomic mass is 32.1. The van der Waals surface area contributed by atoms with Crippen LogP contribution in [0.5, 0.6) is 0 Å². The number of thiazole rings is 1. The first-order valence-electron chi connectivity index (χ1n) is 7.87. The summed E-state index contributed by atoms with van der Waals surface area (Å²) in [5, 5.41) is 4.75. The second-order valence-corrected chi connectivity index (χ2v) is 6.54. The van der Waals surface area contributed by atoms with Gasteiger partial charge in [0.1, 0.15) is 0 Å². The summed E-state index contributed by atoms with van der Waals surface area (Å²) in [5.74, 6) is 0.0677. The number of carbonyl (C=O) groups excluding carboxylic acids is 2. The Morgan fingerprint density at radius 3 is 3.04 bits per heavy atom. The van der Waals surface area contributed by atoms with E-state index in [1.54, 1.807) is 30.6 Å². The molecule has 0 unspecified atom stereocenters. The Bertz CT molecular complexity index is 542. The summed E-state index contributed by atoms with van der Waals surface area (Å²) in [5.41, 5.74) is 2.53. The van der Waals surface area contributed by atoms with E-state index >= 15 is 0 Å². The average molecular weight is 336 g/mol. The molecular weight excluding hydrogens is 312 g/mol. The van der Waals surface area contributed by atoms with E-state index in [9.17, 15) is 9.59 Å². The van der Waals surface area contributed by atoms with Crippen molar-refractivity contribution in [2.75, 3.05) is 33.7 Å². The van der Waals surface area contributed by atoms with Crippen LogP contribution in [-0.4, -0.2) is 66.4 Å². The number of hydrogen-bond acceptors (Lipinski definition) is 5. The third-order valence-electron chi connectivity index (χ3n) is 3.87. The molecule has 0 radical (unpaired) electrons. The molecule has 1 fully saturated rings. The summed E-state index contributed by atoms with van der Waals surface area (Å²) in [7, 11) is 3.60. The highest BCUT2D eigenvalue weighted by Gasteiger charge is 2.30. The molecule has 6 nitrogen and oxygen atoms in total. The number of likely N-dealkylation sites (tertiary alicyclic amines) is 1. The summed E-state index contributed by atoms with van der Waals surface area (Å²) in [6.45, 7) is 2.40. The largest absolute Gasteiger partial charge is 0.353 e. The second-order valence-electron chi connectivity index (χ2n) is 5.82. The van der Waals surface area contributed by atoms with Gasteiger partial charge in [0.05, 0.1) is 17.2 Å². The van der Waals surface area contributed by atoms with Crippen LogP contribution in [0.2, 0.25) is 0 Å². The fourth-order valence-corrected chi connectivity index (χ4v) is 3.21. The summed E-state index contributed by atoms with van der Waals surface area (Å²) < 4.78 is 0. The van der Waals surface area contributed by atoms with Gasteiger partial charge in [-0.3, -0.25) is 14.5 Å². The average Bonchev–Trinajstić information content (AvgIpc) is 3.20. The molecule has 1 atom stereocenters. The Kier molecular flexibility index (Phi) is 6.73. The molecule has 2 rings (SSSR count). The summed E-state index contributed by atoms with van der Waals surface area (Å²) in [4.78, 5) is 31.8. The Balaban J connectivity index is 1.66. The third-order valence-corrected chi connectivity index (χ3v) is 4.47. The van der Waals surface area contributed by atoms with Gasteiger partial charge in [0.15, 0.2) is 0 Å². The lowest BCUT2D eigenvalue weighted by molar-refractivity contribution is -0.133. The van der Waals surface area contributed by atoms with E-state index in [1.165, 1.54) is 17.4 Å². The standard InChI is InChI=1S/C16H24N4O2S/c1-19(2)16(22)14-5-3-9-20(14)10-4-8-17-15(21)7-6-13-11-23-12-18-13/h6-7,11-12,14H,3-5,8-10H2,1-2H3,(H,17,21)/b7-6-/t14-/m1/s1. The molecule has 1 N–H and O–H groups in total. The van der Waals surface area contributed by atoms with Gasteiger partial charge in [-0.2, -0.15) is 0 Å². The molecule has 0 aromatic carbocycles. The molecule has 23 heavy (non-hydrogen) atoms. The summed E-state index contributed by atoms with van der Waals surface area (Å²) in [6, 6.07) is 0.00487. The fraction of sp³-hybridized carbons (Fsp3) is 0.562. The molecule has 0 bridgehead atoms. The molecule has 0 saturated carbocycles. The van der Waals surface area contributed by atoms with E-state index in [2.05, 4.69) is 15.2 Å². The Morgan fingerprint density at radius 2 is 2.35 bits per heavy atom. The monoisotopic (exact) mass is 336 g/mol. The fourth-order valence-electron chi connectivity index (χ4n) is 2.69. The lowest BCUT2D eigenvalue weighted by Crippen LogP contribution is -2.43. The van der Waals surface area contributed by atoms with Gasteiger partial charge in [-0.25, -0.2) is 4.98 Å². The Hall–Kier alpha value is -1.73. The molecule has 1 saturated heterocycles. The van der Waals surface area contributed by atoms with E-state index in [1.807, 2.05) is 5.38 Å². The zero-order valence-electron chi connectivity index (χ0n) is 13.7. The van der Waals surface area contributed by atoms with Crippen molar-refractivity contribution >= 4 is 29.2 Å². The number of likely N-dealkylation sites (N-methyl/N-ethyl adjacent to an activating group) is 1. The van der Waals surface area contributed by atoms with Gasteiger partial charge >= 0.3 is 0 Å². The zero-order valence-corrected chi connectivity index (χ0v) is 14.5. The number of carbonyl (C=O) groups is 2. The minimum Gasteiger partial charge on any atom is -0.353 e. The molecule has 2 amide bonds. The van der Waals surface area contributed by atoms with Crippen LogP contribution in [0.15, 0.2) is 17.0 Å². The van der Waals surface area contributed by atoms with E-state index in [0.29, 0.717) is 6.54 Å². The number of hydrogen-bond donors (Lipinski definition) is 1. The lowest BCUT2D eigenvalue weighted by Gasteiger charge is -2.25. The number of aromatic nitrogens is 1. The predicted octanol–water partition coefficient (Wildman–Crippen LogP) is 1.22. The van der Waals surface area contributed by atoms with Gasteiger partial charge in [0.25, 0.3) is 0 Å². The van der Waals surface area contributed by atoms with Crippen LogP contribution in [0.4, 0.5) is 0 Å². The molecular formula is C16H24N4O2S. The van der Waals surface area contributed by atoms with Crippen LogP contribution in [0.3, 0.4) is 0 Å². The molecule has 126 valence electrons. The first-order valence-corrected chi connectivity index (χ1v) is 8.81. The first-order chi connectivity index (χ1) is 11.1. The number of nitrogens with one attached hydrogen (secondary N) is 1. The number of nitrogens with zero attached hydrogens (tertiary/aromatic N) is 3. The quantitative estimate of drug-likeness (QED) is 0.600. The predicted molar refractivity (Wildman–Crippen MR) is 92.1 cm³/mol. The molecule has 0 spiro atoms. The summed E-state index contributed by atoms with van der Waals surface area (Å²) >= 11 is 1.50. The highest BCUT2D eigenvalue weighted by Crippen LogP contribution is 2.18. The smallest absolute Gasteiger partial charge is 0.244 e. The van der Waals surface area contributed by atoms with E-state index < -0.39 is 0 Å². The SMILES string of the molecule is CN(C)C(=O)[C@H]1CCCN1CCCNC(=O)/C=C\c1cscn1. The van der Waals surface area contributed by atoms with Gasteiger partial charge in [-0.1, -0.05) is 0 Å². The van der Waals surface area contributed by atoms with Gasteiger partial charge in [0.2, 0.25) is 11.8 Å². The van der Waals surface area contributed by atoms with Crippen LogP contribution < -0.4 is 5.32 Å².